The summed E-state index contributed by atoms with van der Waals surface area (Å²) in [6, 6.07) is 10.2. The Hall–Kier alpha value is -0.590. The van der Waals surface area contributed by atoms with Crippen LogP contribution in [0.15, 0.2) is 41.3 Å². The molecule has 2 aromatic rings. The Kier molecular flexibility index (Phi) is 4.80. The van der Waals surface area contributed by atoms with Crippen LogP contribution in [0.3, 0.4) is 0 Å². The predicted octanol–water partition coefficient (Wildman–Crippen LogP) is 1.50. The van der Waals surface area contributed by atoms with Crippen LogP contribution in [-0.2, 0) is 10.1 Å². The number of hydrogen-bond donors (Lipinski definition) is 1. The van der Waals surface area contributed by atoms with E-state index >= 15 is 0 Å². The fourth-order valence-corrected chi connectivity index (χ4v) is 2.17. The number of anilines is 1. The Labute approximate surface area is 129 Å². The van der Waals surface area contributed by atoms with Crippen molar-refractivity contribution < 1.29 is 13.0 Å². The number of nitrogens with zero attached hydrogens (tertiary/aromatic N) is 1. The Bertz CT molecular complexity index is 668. The molecule has 1 N–H and O–H groups in total. The molecule has 92 valence electrons. The SMILES string of the molecule is CN(C)c1ccc2cc(S(=O)(=O)O)ccc2c1.[NaH]. The van der Waals surface area contributed by atoms with Gasteiger partial charge in [0.05, 0.1) is 4.90 Å². The number of fused-ring (bicyclic) bond motifs is 1. The second kappa shape index (κ2) is 5.59. The summed E-state index contributed by atoms with van der Waals surface area (Å²) >= 11 is 0. The van der Waals surface area contributed by atoms with Crippen LogP contribution in [0.4, 0.5) is 5.69 Å². The van der Waals surface area contributed by atoms with Gasteiger partial charge in [-0.05, 0) is 35.0 Å². The minimum atomic E-state index is -4.13. The van der Waals surface area contributed by atoms with Gasteiger partial charge in [0.1, 0.15) is 0 Å². The molecule has 0 aliphatic carbocycles. The topological polar surface area (TPSA) is 57.6 Å². The van der Waals surface area contributed by atoms with Crippen LogP contribution in [-0.4, -0.2) is 56.6 Å². The molecule has 2 rings (SSSR count). The number of rotatable bonds is 2. The molecule has 0 aliphatic rings. The number of benzene rings is 2. The summed E-state index contributed by atoms with van der Waals surface area (Å²) in [6.45, 7) is 0. The fraction of sp³-hybridized carbons (Fsp3) is 0.167. The van der Waals surface area contributed by atoms with Crippen molar-refractivity contribution in [3.63, 3.8) is 0 Å². The van der Waals surface area contributed by atoms with Gasteiger partial charge in [-0.1, -0.05) is 12.1 Å². The molecular formula is C12H14NNaO3S. The average molecular weight is 275 g/mol. The van der Waals surface area contributed by atoms with Gasteiger partial charge >= 0.3 is 29.6 Å². The molecule has 0 spiro atoms. The Morgan fingerprint density at radius 2 is 1.56 bits per heavy atom. The summed E-state index contributed by atoms with van der Waals surface area (Å²) < 4.78 is 31.0. The van der Waals surface area contributed by atoms with E-state index in [1.807, 2.05) is 37.2 Å². The van der Waals surface area contributed by atoms with Crippen LogP contribution < -0.4 is 4.90 Å². The van der Waals surface area contributed by atoms with Crippen molar-refractivity contribution in [1.82, 2.24) is 0 Å². The molecule has 2 aromatic carbocycles. The fourth-order valence-electron chi connectivity index (χ4n) is 1.65. The van der Waals surface area contributed by atoms with Gasteiger partial charge in [-0.25, -0.2) is 0 Å². The molecule has 0 saturated heterocycles. The molecule has 0 unspecified atom stereocenters. The van der Waals surface area contributed by atoms with Gasteiger partial charge in [-0.2, -0.15) is 8.42 Å². The van der Waals surface area contributed by atoms with Crippen LogP contribution in [0.5, 0.6) is 0 Å². The summed E-state index contributed by atoms with van der Waals surface area (Å²) in [4.78, 5) is 1.89. The van der Waals surface area contributed by atoms with E-state index in [9.17, 15) is 8.42 Å². The number of hydrogen-bond acceptors (Lipinski definition) is 3. The van der Waals surface area contributed by atoms with Gasteiger partial charge in [0.2, 0.25) is 0 Å². The van der Waals surface area contributed by atoms with E-state index in [-0.39, 0.29) is 34.5 Å². The van der Waals surface area contributed by atoms with Crippen molar-refractivity contribution >= 4 is 56.1 Å². The molecule has 0 aromatic heterocycles. The van der Waals surface area contributed by atoms with Gasteiger partial charge in [0.25, 0.3) is 10.1 Å². The maximum atomic E-state index is 11.0. The summed E-state index contributed by atoms with van der Waals surface area (Å²) in [7, 11) is -0.255. The molecule has 0 heterocycles. The van der Waals surface area contributed by atoms with Crippen LogP contribution in [0.1, 0.15) is 0 Å². The van der Waals surface area contributed by atoms with Crippen molar-refractivity contribution in [3.8, 4) is 0 Å². The van der Waals surface area contributed by atoms with Gasteiger partial charge in [0.15, 0.2) is 0 Å². The van der Waals surface area contributed by atoms with Gasteiger partial charge in [-0.3, -0.25) is 4.55 Å². The molecule has 4 nitrogen and oxygen atoms in total. The second-order valence-electron chi connectivity index (χ2n) is 4.06. The van der Waals surface area contributed by atoms with Crippen molar-refractivity contribution in [1.29, 1.82) is 0 Å². The monoisotopic (exact) mass is 275 g/mol. The zero-order chi connectivity index (χ0) is 12.6. The molecule has 0 radical (unpaired) electrons. The summed E-state index contributed by atoms with van der Waals surface area (Å²) in [5.41, 5.74) is 1.04. The van der Waals surface area contributed by atoms with Crippen LogP contribution in [0.2, 0.25) is 0 Å². The zero-order valence-corrected chi connectivity index (χ0v) is 10.4. The van der Waals surface area contributed by atoms with Gasteiger partial charge in [-0.15, -0.1) is 0 Å². The first-order valence-electron chi connectivity index (χ1n) is 5.06. The van der Waals surface area contributed by atoms with E-state index in [1.54, 1.807) is 6.07 Å². The third-order valence-electron chi connectivity index (χ3n) is 2.61. The molecule has 6 heteroatoms. The van der Waals surface area contributed by atoms with Crippen LogP contribution in [0, 0.1) is 0 Å². The standard InChI is InChI=1S/C12H13NO3S.Na.H/c1-13(2)11-5-3-10-8-12(17(14,15)16)6-4-9(10)7-11;;/h3-8H,1-2H3,(H,14,15,16);;. The van der Waals surface area contributed by atoms with Crippen LogP contribution >= 0.6 is 0 Å². The zero-order valence-electron chi connectivity index (χ0n) is 9.58. The Balaban J connectivity index is 0.00000162. The summed E-state index contributed by atoms with van der Waals surface area (Å²) in [5, 5.41) is 1.72. The molecular weight excluding hydrogens is 261 g/mol. The van der Waals surface area contributed by atoms with Crippen LogP contribution in [0.25, 0.3) is 10.8 Å². The van der Waals surface area contributed by atoms with E-state index in [1.165, 1.54) is 12.1 Å². The molecule has 0 saturated carbocycles. The van der Waals surface area contributed by atoms with E-state index in [2.05, 4.69) is 0 Å². The molecule has 0 aliphatic heterocycles. The quantitative estimate of drug-likeness (QED) is 0.666. The third-order valence-corrected chi connectivity index (χ3v) is 3.46. The average Bonchev–Trinajstić information content (AvgIpc) is 2.26. The van der Waals surface area contributed by atoms with Crippen molar-refractivity contribution in [2.45, 2.75) is 4.90 Å². The van der Waals surface area contributed by atoms with Gasteiger partial charge in [0, 0.05) is 19.8 Å². The third kappa shape index (κ3) is 3.24. The first kappa shape index (κ1) is 15.5. The van der Waals surface area contributed by atoms with E-state index < -0.39 is 10.1 Å². The van der Waals surface area contributed by atoms with Crippen molar-refractivity contribution in [2.24, 2.45) is 0 Å². The molecule has 0 atom stereocenters. The molecule has 0 amide bonds. The van der Waals surface area contributed by atoms with Crippen molar-refractivity contribution in [3.05, 3.63) is 36.4 Å². The van der Waals surface area contributed by atoms with Gasteiger partial charge < -0.3 is 4.90 Å². The molecule has 18 heavy (non-hydrogen) atoms. The van der Waals surface area contributed by atoms with E-state index in [4.69, 9.17) is 4.55 Å². The first-order chi connectivity index (χ1) is 7.88. The first-order valence-corrected chi connectivity index (χ1v) is 6.50. The van der Waals surface area contributed by atoms with E-state index in [0.29, 0.717) is 0 Å². The maximum absolute atomic E-state index is 11.0. The Morgan fingerprint density at radius 1 is 1.00 bits per heavy atom. The minimum absolute atomic E-state index is 0. The van der Waals surface area contributed by atoms with E-state index in [0.717, 1.165) is 16.5 Å². The summed E-state index contributed by atoms with van der Waals surface area (Å²) in [6.07, 6.45) is 0. The summed E-state index contributed by atoms with van der Waals surface area (Å²) in [5.74, 6) is 0. The molecule has 0 bridgehead atoms. The van der Waals surface area contributed by atoms with Crippen molar-refractivity contribution in [2.75, 3.05) is 19.0 Å². The molecule has 0 fully saturated rings. The predicted molar refractivity (Wildman–Crippen MR) is 75.2 cm³/mol. The second-order valence-corrected chi connectivity index (χ2v) is 5.48. The normalized spacial score (nSPS) is 11.1. The Morgan fingerprint density at radius 3 is 2.11 bits per heavy atom.